The Labute approximate surface area is 143 Å². The standard InChI is InChI=1S/C19H26O5/c1-19(2,3)24-18(21)14-7-11-16(12-8-14)23-15-9-5-13(6-10-15)17(20)22-4/h7-8,11-13,15H,5-6,9-10H2,1-4H3/t13-,15+. The Kier molecular flexibility index (Phi) is 5.86. The monoisotopic (exact) mass is 334 g/mol. The molecule has 5 heteroatoms. The maximum Gasteiger partial charge on any atom is 0.338 e. The van der Waals surface area contributed by atoms with Crippen LogP contribution >= 0.6 is 0 Å². The number of ether oxygens (including phenoxy) is 3. The number of hydrogen-bond acceptors (Lipinski definition) is 5. The van der Waals surface area contributed by atoms with E-state index in [1.165, 1.54) is 7.11 Å². The maximum atomic E-state index is 12.0. The minimum Gasteiger partial charge on any atom is -0.490 e. The molecule has 1 aliphatic rings. The molecule has 0 radical (unpaired) electrons. The van der Waals surface area contributed by atoms with Gasteiger partial charge >= 0.3 is 11.9 Å². The lowest BCUT2D eigenvalue weighted by molar-refractivity contribution is -0.147. The molecule has 132 valence electrons. The summed E-state index contributed by atoms with van der Waals surface area (Å²) in [7, 11) is 1.43. The van der Waals surface area contributed by atoms with Crippen molar-refractivity contribution in [1.82, 2.24) is 0 Å². The lowest BCUT2D eigenvalue weighted by Gasteiger charge is -2.27. The molecule has 5 nitrogen and oxygen atoms in total. The van der Waals surface area contributed by atoms with Crippen LogP contribution in [-0.2, 0) is 14.3 Å². The Balaban J connectivity index is 1.86. The average Bonchev–Trinajstić information content (AvgIpc) is 2.54. The molecule has 0 saturated heterocycles. The molecule has 0 atom stereocenters. The fourth-order valence-corrected chi connectivity index (χ4v) is 2.78. The highest BCUT2D eigenvalue weighted by molar-refractivity contribution is 5.89. The van der Waals surface area contributed by atoms with Gasteiger partial charge in [-0.15, -0.1) is 0 Å². The van der Waals surface area contributed by atoms with Crippen molar-refractivity contribution in [2.45, 2.75) is 58.2 Å². The fraction of sp³-hybridized carbons (Fsp3) is 0.579. The second-order valence-electron chi connectivity index (χ2n) is 7.14. The molecule has 0 spiro atoms. The van der Waals surface area contributed by atoms with Crippen molar-refractivity contribution >= 4 is 11.9 Å². The van der Waals surface area contributed by atoms with Crippen LogP contribution < -0.4 is 4.74 Å². The molecular weight excluding hydrogens is 308 g/mol. The summed E-state index contributed by atoms with van der Waals surface area (Å²) in [6.07, 6.45) is 3.32. The van der Waals surface area contributed by atoms with E-state index in [-0.39, 0.29) is 24.0 Å². The van der Waals surface area contributed by atoms with Crippen LogP contribution in [0.25, 0.3) is 0 Å². The van der Waals surface area contributed by atoms with Gasteiger partial charge in [0.05, 0.1) is 24.7 Å². The van der Waals surface area contributed by atoms with Gasteiger partial charge in [-0.3, -0.25) is 4.79 Å². The van der Waals surface area contributed by atoms with Crippen LogP contribution in [0.3, 0.4) is 0 Å². The van der Waals surface area contributed by atoms with E-state index in [0.717, 1.165) is 31.4 Å². The molecule has 0 bridgehead atoms. The van der Waals surface area contributed by atoms with Crippen LogP contribution in [0.15, 0.2) is 24.3 Å². The maximum absolute atomic E-state index is 12.0. The second-order valence-corrected chi connectivity index (χ2v) is 7.14. The van der Waals surface area contributed by atoms with Crippen molar-refractivity contribution in [2.75, 3.05) is 7.11 Å². The van der Waals surface area contributed by atoms with Crippen LogP contribution in [-0.4, -0.2) is 30.8 Å². The summed E-state index contributed by atoms with van der Waals surface area (Å²) in [4.78, 5) is 23.5. The van der Waals surface area contributed by atoms with Gasteiger partial charge in [-0.25, -0.2) is 4.79 Å². The van der Waals surface area contributed by atoms with Gasteiger partial charge in [-0.2, -0.15) is 0 Å². The molecule has 1 fully saturated rings. The van der Waals surface area contributed by atoms with Gasteiger partial charge in [0.25, 0.3) is 0 Å². The van der Waals surface area contributed by atoms with E-state index in [1.807, 2.05) is 20.8 Å². The van der Waals surface area contributed by atoms with Crippen LogP contribution in [0.2, 0.25) is 0 Å². The highest BCUT2D eigenvalue weighted by atomic mass is 16.6. The van der Waals surface area contributed by atoms with Gasteiger partial charge in [-0.05, 0) is 70.7 Å². The zero-order valence-electron chi connectivity index (χ0n) is 14.8. The zero-order chi connectivity index (χ0) is 17.7. The molecule has 0 heterocycles. The first-order valence-electron chi connectivity index (χ1n) is 8.36. The Hall–Kier alpha value is -2.04. The molecule has 0 aromatic heterocycles. The predicted molar refractivity (Wildman–Crippen MR) is 90.0 cm³/mol. The quantitative estimate of drug-likeness (QED) is 0.785. The van der Waals surface area contributed by atoms with Crippen molar-refractivity contribution in [3.05, 3.63) is 29.8 Å². The van der Waals surface area contributed by atoms with E-state index in [4.69, 9.17) is 14.2 Å². The first-order chi connectivity index (χ1) is 11.3. The third-order valence-electron chi connectivity index (χ3n) is 4.00. The summed E-state index contributed by atoms with van der Waals surface area (Å²) in [5.41, 5.74) is -0.00321. The Bertz CT molecular complexity index is 562. The van der Waals surface area contributed by atoms with E-state index >= 15 is 0 Å². The molecule has 0 N–H and O–H groups in total. The molecule has 1 aliphatic carbocycles. The Morgan fingerprint density at radius 1 is 1.00 bits per heavy atom. The van der Waals surface area contributed by atoms with Gasteiger partial charge in [0.1, 0.15) is 11.4 Å². The second kappa shape index (κ2) is 7.69. The lowest BCUT2D eigenvalue weighted by Crippen LogP contribution is -2.28. The molecule has 1 saturated carbocycles. The highest BCUT2D eigenvalue weighted by Gasteiger charge is 2.27. The number of carbonyl (C=O) groups is 2. The molecule has 0 amide bonds. The minimum absolute atomic E-state index is 0.00982. The number of rotatable bonds is 4. The fourth-order valence-electron chi connectivity index (χ4n) is 2.78. The number of benzene rings is 1. The van der Waals surface area contributed by atoms with E-state index < -0.39 is 5.60 Å². The molecule has 2 rings (SSSR count). The van der Waals surface area contributed by atoms with Gasteiger partial charge < -0.3 is 14.2 Å². The third-order valence-corrected chi connectivity index (χ3v) is 4.00. The molecule has 1 aromatic carbocycles. The van der Waals surface area contributed by atoms with Gasteiger partial charge in [0.2, 0.25) is 0 Å². The van der Waals surface area contributed by atoms with Crippen molar-refractivity contribution < 1.29 is 23.8 Å². The summed E-state index contributed by atoms with van der Waals surface area (Å²) < 4.78 is 16.1. The smallest absolute Gasteiger partial charge is 0.338 e. The molecular formula is C19H26O5. The van der Waals surface area contributed by atoms with Crippen molar-refractivity contribution in [3.63, 3.8) is 0 Å². The first-order valence-corrected chi connectivity index (χ1v) is 8.36. The van der Waals surface area contributed by atoms with Gasteiger partial charge in [0, 0.05) is 0 Å². The number of carbonyl (C=O) groups excluding carboxylic acids is 2. The number of esters is 2. The SMILES string of the molecule is COC(=O)[C@H]1CC[C@@H](Oc2ccc(C(=O)OC(C)(C)C)cc2)CC1. The van der Waals surface area contributed by atoms with Crippen molar-refractivity contribution in [3.8, 4) is 5.75 Å². The summed E-state index contributed by atoms with van der Waals surface area (Å²) in [5, 5.41) is 0. The number of methoxy groups -OCH3 is 1. The third kappa shape index (κ3) is 5.25. The van der Waals surface area contributed by atoms with E-state index in [1.54, 1.807) is 24.3 Å². The van der Waals surface area contributed by atoms with Gasteiger partial charge in [0.15, 0.2) is 0 Å². The van der Waals surface area contributed by atoms with Gasteiger partial charge in [-0.1, -0.05) is 0 Å². The van der Waals surface area contributed by atoms with Crippen molar-refractivity contribution in [2.24, 2.45) is 5.92 Å². The zero-order valence-corrected chi connectivity index (χ0v) is 14.8. The summed E-state index contributed by atoms with van der Waals surface area (Å²) >= 11 is 0. The van der Waals surface area contributed by atoms with Crippen LogP contribution in [0.4, 0.5) is 0 Å². The molecule has 24 heavy (non-hydrogen) atoms. The Morgan fingerprint density at radius 2 is 1.58 bits per heavy atom. The van der Waals surface area contributed by atoms with Crippen LogP contribution in [0.1, 0.15) is 56.8 Å². The minimum atomic E-state index is -0.509. The largest absolute Gasteiger partial charge is 0.490 e. The van der Waals surface area contributed by atoms with E-state index in [9.17, 15) is 9.59 Å². The summed E-state index contributed by atoms with van der Waals surface area (Å²) in [6.45, 7) is 5.52. The van der Waals surface area contributed by atoms with E-state index in [0.29, 0.717) is 5.56 Å². The van der Waals surface area contributed by atoms with E-state index in [2.05, 4.69) is 0 Å². The number of hydrogen-bond donors (Lipinski definition) is 0. The predicted octanol–water partition coefficient (Wildman–Crippen LogP) is 3.75. The molecule has 0 aliphatic heterocycles. The molecule has 1 aromatic rings. The molecule has 0 unspecified atom stereocenters. The lowest BCUT2D eigenvalue weighted by atomic mass is 9.87. The normalized spacial score (nSPS) is 21.0. The highest BCUT2D eigenvalue weighted by Crippen LogP contribution is 2.28. The first kappa shape index (κ1) is 18.3. The summed E-state index contributed by atoms with van der Waals surface area (Å²) in [5.74, 6) is 0.246. The van der Waals surface area contributed by atoms with Crippen LogP contribution in [0, 0.1) is 5.92 Å². The summed E-state index contributed by atoms with van der Waals surface area (Å²) in [6, 6.07) is 6.99. The van der Waals surface area contributed by atoms with Crippen molar-refractivity contribution in [1.29, 1.82) is 0 Å². The van der Waals surface area contributed by atoms with Crippen LogP contribution in [0.5, 0.6) is 5.75 Å². The average molecular weight is 334 g/mol. The Morgan fingerprint density at radius 3 is 2.08 bits per heavy atom. The topological polar surface area (TPSA) is 61.8 Å².